The molecule has 0 heterocycles. The summed E-state index contributed by atoms with van der Waals surface area (Å²) in [6, 6.07) is 8.99. The first kappa shape index (κ1) is 15.3. The van der Waals surface area contributed by atoms with Crippen LogP contribution >= 0.6 is 0 Å². The van der Waals surface area contributed by atoms with Crippen LogP contribution in [0, 0.1) is 11.3 Å². The molecular weight excluding hydrogens is 257 g/mol. The summed E-state index contributed by atoms with van der Waals surface area (Å²) in [7, 11) is 0. The number of nitrogens with zero attached hydrogens (tertiary/aromatic N) is 1. The van der Waals surface area contributed by atoms with E-state index in [0.717, 1.165) is 5.56 Å². The summed E-state index contributed by atoms with van der Waals surface area (Å²) < 4.78 is 41.0. The first-order valence-corrected chi connectivity index (χ1v) is 5.88. The molecule has 0 aromatic heterocycles. The van der Waals surface area contributed by atoms with Crippen LogP contribution in [-0.4, -0.2) is 19.3 Å². The van der Waals surface area contributed by atoms with E-state index in [2.05, 4.69) is 5.32 Å². The van der Waals surface area contributed by atoms with Gasteiger partial charge >= 0.3 is 6.18 Å². The maximum absolute atomic E-state index is 11.9. The van der Waals surface area contributed by atoms with Crippen LogP contribution in [0.5, 0.6) is 5.75 Å². The van der Waals surface area contributed by atoms with Gasteiger partial charge in [-0.15, -0.1) is 0 Å². The van der Waals surface area contributed by atoms with E-state index in [1.165, 1.54) is 0 Å². The van der Waals surface area contributed by atoms with Crippen molar-refractivity contribution in [1.82, 2.24) is 5.32 Å². The number of hydrogen-bond acceptors (Lipinski definition) is 3. The van der Waals surface area contributed by atoms with E-state index in [0.29, 0.717) is 12.3 Å². The van der Waals surface area contributed by atoms with Crippen molar-refractivity contribution in [3.8, 4) is 11.8 Å². The molecule has 0 fully saturated rings. The summed E-state index contributed by atoms with van der Waals surface area (Å²) in [4.78, 5) is 0. The highest BCUT2D eigenvalue weighted by atomic mass is 19.4. The molecule has 0 unspecified atom stereocenters. The van der Waals surface area contributed by atoms with Crippen molar-refractivity contribution in [2.75, 3.05) is 13.2 Å². The second-order valence-electron chi connectivity index (χ2n) is 3.95. The summed E-state index contributed by atoms with van der Waals surface area (Å²) in [6.07, 6.45) is -4.84. The third kappa shape index (κ3) is 6.67. The van der Waals surface area contributed by atoms with Crippen molar-refractivity contribution in [2.24, 2.45) is 0 Å². The average molecular weight is 272 g/mol. The number of para-hydroxylation sites is 1. The standard InChI is InChI=1S/C13H15F3N2O/c14-13(15,16)6-3-8-18-10-11-4-1-2-5-12(11)19-9-7-17/h1-2,4-5,18H,3,6,8-10H2. The van der Waals surface area contributed by atoms with Crippen LogP contribution in [0.2, 0.25) is 0 Å². The molecule has 3 nitrogen and oxygen atoms in total. The molecule has 104 valence electrons. The summed E-state index contributed by atoms with van der Waals surface area (Å²) in [6.45, 7) is 0.649. The predicted octanol–water partition coefficient (Wildman–Crippen LogP) is 3.02. The predicted molar refractivity (Wildman–Crippen MR) is 64.5 cm³/mol. The third-order valence-corrected chi connectivity index (χ3v) is 2.39. The van der Waals surface area contributed by atoms with Crippen molar-refractivity contribution in [3.05, 3.63) is 29.8 Å². The van der Waals surface area contributed by atoms with Gasteiger partial charge in [0.05, 0.1) is 0 Å². The summed E-state index contributed by atoms with van der Waals surface area (Å²) in [5.41, 5.74) is 0.824. The van der Waals surface area contributed by atoms with E-state index in [-0.39, 0.29) is 19.6 Å². The van der Waals surface area contributed by atoms with E-state index in [1.54, 1.807) is 12.1 Å². The van der Waals surface area contributed by atoms with Gasteiger partial charge in [0.15, 0.2) is 6.61 Å². The molecule has 1 N–H and O–H groups in total. The van der Waals surface area contributed by atoms with Gasteiger partial charge in [-0.05, 0) is 19.0 Å². The van der Waals surface area contributed by atoms with Crippen LogP contribution < -0.4 is 10.1 Å². The number of ether oxygens (including phenoxy) is 1. The summed E-state index contributed by atoms with van der Waals surface area (Å²) in [5.74, 6) is 0.576. The van der Waals surface area contributed by atoms with Crippen molar-refractivity contribution < 1.29 is 17.9 Å². The lowest BCUT2D eigenvalue weighted by Crippen LogP contribution is -2.18. The van der Waals surface area contributed by atoms with E-state index in [1.807, 2.05) is 18.2 Å². The fraction of sp³-hybridized carbons (Fsp3) is 0.462. The minimum Gasteiger partial charge on any atom is -0.478 e. The zero-order valence-corrected chi connectivity index (χ0v) is 10.3. The molecule has 0 spiro atoms. The molecular formula is C13H15F3N2O. The SMILES string of the molecule is N#CCOc1ccccc1CNCCCC(F)(F)F. The van der Waals surface area contributed by atoms with Crippen molar-refractivity contribution in [1.29, 1.82) is 5.26 Å². The van der Waals surface area contributed by atoms with Crippen LogP contribution in [0.4, 0.5) is 13.2 Å². The first-order chi connectivity index (χ1) is 9.03. The molecule has 1 aromatic rings. The van der Waals surface area contributed by atoms with Gasteiger partial charge in [-0.1, -0.05) is 18.2 Å². The molecule has 0 bridgehead atoms. The summed E-state index contributed by atoms with van der Waals surface area (Å²) in [5, 5.41) is 11.4. The Morgan fingerprint density at radius 2 is 2.00 bits per heavy atom. The highest BCUT2D eigenvalue weighted by Crippen LogP contribution is 2.21. The van der Waals surface area contributed by atoms with Crippen molar-refractivity contribution in [3.63, 3.8) is 0 Å². The smallest absolute Gasteiger partial charge is 0.389 e. The van der Waals surface area contributed by atoms with Crippen LogP contribution in [-0.2, 0) is 6.54 Å². The number of benzene rings is 1. The lowest BCUT2D eigenvalue weighted by atomic mass is 10.2. The van der Waals surface area contributed by atoms with Gasteiger partial charge in [0, 0.05) is 18.5 Å². The maximum atomic E-state index is 11.9. The Morgan fingerprint density at radius 3 is 2.68 bits per heavy atom. The molecule has 0 saturated carbocycles. The van der Waals surface area contributed by atoms with Crippen LogP contribution in [0.1, 0.15) is 18.4 Å². The second kappa shape index (κ2) is 7.64. The van der Waals surface area contributed by atoms with E-state index >= 15 is 0 Å². The molecule has 6 heteroatoms. The maximum Gasteiger partial charge on any atom is 0.389 e. The minimum atomic E-state index is -4.10. The van der Waals surface area contributed by atoms with E-state index < -0.39 is 12.6 Å². The monoisotopic (exact) mass is 272 g/mol. The number of hydrogen-bond donors (Lipinski definition) is 1. The Morgan fingerprint density at radius 1 is 1.26 bits per heavy atom. The van der Waals surface area contributed by atoms with Crippen LogP contribution in [0.3, 0.4) is 0 Å². The van der Waals surface area contributed by atoms with Crippen LogP contribution in [0.25, 0.3) is 0 Å². The number of rotatable bonds is 7. The van der Waals surface area contributed by atoms with E-state index in [4.69, 9.17) is 10.00 Å². The average Bonchev–Trinajstić information content (AvgIpc) is 2.36. The Kier molecular flexibility index (Phi) is 6.16. The lowest BCUT2D eigenvalue weighted by Gasteiger charge is -2.10. The molecule has 0 aliphatic carbocycles. The van der Waals surface area contributed by atoms with Gasteiger partial charge in [-0.3, -0.25) is 0 Å². The molecule has 0 atom stereocenters. The van der Waals surface area contributed by atoms with Gasteiger partial charge in [0.1, 0.15) is 11.8 Å². The van der Waals surface area contributed by atoms with Gasteiger partial charge < -0.3 is 10.1 Å². The number of nitriles is 1. The zero-order chi connectivity index (χ0) is 14.1. The lowest BCUT2D eigenvalue weighted by molar-refractivity contribution is -0.135. The van der Waals surface area contributed by atoms with Gasteiger partial charge in [-0.2, -0.15) is 18.4 Å². The minimum absolute atomic E-state index is 0.0463. The fourth-order valence-corrected chi connectivity index (χ4v) is 1.54. The molecule has 0 saturated heterocycles. The van der Waals surface area contributed by atoms with Crippen molar-refractivity contribution in [2.45, 2.75) is 25.6 Å². The molecule has 1 rings (SSSR count). The van der Waals surface area contributed by atoms with Gasteiger partial charge in [0.2, 0.25) is 0 Å². The molecule has 0 aliphatic heterocycles. The quantitative estimate of drug-likeness (QED) is 0.776. The first-order valence-electron chi connectivity index (χ1n) is 5.88. The third-order valence-electron chi connectivity index (χ3n) is 2.39. The highest BCUT2D eigenvalue weighted by Gasteiger charge is 2.25. The van der Waals surface area contributed by atoms with Gasteiger partial charge in [0.25, 0.3) is 0 Å². The Bertz CT molecular complexity index is 427. The number of nitrogens with one attached hydrogen (secondary N) is 1. The molecule has 0 radical (unpaired) electrons. The summed E-state index contributed by atoms with van der Waals surface area (Å²) >= 11 is 0. The Balaban J connectivity index is 2.35. The molecule has 1 aromatic carbocycles. The Labute approximate surface area is 110 Å². The van der Waals surface area contributed by atoms with Gasteiger partial charge in [-0.25, -0.2) is 0 Å². The largest absolute Gasteiger partial charge is 0.478 e. The Hall–Kier alpha value is -1.74. The van der Waals surface area contributed by atoms with Crippen molar-refractivity contribution >= 4 is 0 Å². The molecule has 19 heavy (non-hydrogen) atoms. The topological polar surface area (TPSA) is 45.0 Å². The fourth-order valence-electron chi connectivity index (χ4n) is 1.54. The highest BCUT2D eigenvalue weighted by molar-refractivity contribution is 5.33. The number of alkyl halides is 3. The zero-order valence-electron chi connectivity index (χ0n) is 10.3. The molecule has 0 aliphatic rings. The second-order valence-corrected chi connectivity index (χ2v) is 3.95. The number of halogens is 3. The van der Waals surface area contributed by atoms with E-state index in [9.17, 15) is 13.2 Å². The van der Waals surface area contributed by atoms with Crippen LogP contribution in [0.15, 0.2) is 24.3 Å². The molecule has 0 amide bonds. The normalized spacial score (nSPS) is 11.1.